The fraction of sp³-hybridized carbons (Fsp3) is 0.100. The van der Waals surface area contributed by atoms with Gasteiger partial charge in [-0.25, -0.2) is 0 Å². The van der Waals surface area contributed by atoms with Crippen molar-refractivity contribution < 1.29 is 5.11 Å². The molecule has 0 unspecified atom stereocenters. The highest BCUT2D eigenvalue weighted by atomic mass is 16.3. The minimum Gasteiger partial charge on any atom is -0.508 e. The molecule has 0 radical (unpaired) electrons. The number of phenols is 1. The molecule has 0 saturated heterocycles. The van der Waals surface area contributed by atoms with E-state index in [-0.39, 0.29) is 5.75 Å². The van der Waals surface area contributed by atoms with Crippen molar-refractivity contribution in [3.8, 4) is 5.75 Å². The summed E-state index contributed by atoms with van der Waals surface area (Å²) < 4.78 is 0. The lowest BCUT2D eigenvalue weighted by atomic mass is 10.1. The van der Waals surface area contributed by atoms with Gasteiger partial charge in [-0.15, -0.1) is 0 Å². The van der Waals surface area contributed by atoms with Crippen LogP contribution in [0, 0.1) is 0 Å². The first-order valence-electron chi connectivity index (χ1n) is 4.08. The summed E-state index contributed by atoms with van der Waals surface area (Å²) in [5, 5.41) is 10.2. The third kappa shape index (κ3) is 1.34. The van der Waals surface area contributed by atoms with Crippen LogP contribution in [-0.4, -0.2) is 10.1 Å². The molecule has 66 valence electrons. The van der Waals surface area contributed by atoms with Crippen LogP contribution in [0.15, 0.2) is 30.5 Å². The van der Waals surface area contributed by atoms with Crippen molar-refractivity contribution in [3.05, 3.63) is 36.0 Å². The average Bonchev–Trinajstić information content (AvgIpc) is 2.16. The van der Waals surface area contributed by atoms with Crippen LogP contribution in [0.25, 0.3) is 10.9 Å². The van der Waals surface area contributed by atoms with Crippen molar-refractivity contribution in [1.82, 2.24) is 4.98 Å². The molecule has 0 fully saturated rings. The maximum absolute atomic E-state index is 9.22. The Kier molecular flexibility index (Phi) is 1.87. The third-order valence-corrected chi connectivity index (χ3v) is 2.04. The highest BCUT2D eigenvalue weighted by molar-refractivity contribution is 5.83. The van der Waals surface area contributed by atoms with E-state index in [1.54, 1.807) is 18.3 Å². The Morgan fingerprint density at radius 2 is 2.15 bits per heavy atom. The van der Waals surface area contributed by atoms with Crippen LogP contribution in [-0.2, 0) is 6.54 Å². The van der Waals surface area contributed by atoms with E-state index < -0.39 is 0 Å². The van der Waals surface area contributed by atoms with Crippen LogP contribution in [0.3, 0.4) is 0 Å². The number of pyridine rings is 1. The van der Waals surface area contributed by atoms with Crippen LogP contribution >= 0.6 is 0 Å². The molecule has 13 heavy (non-hydrogen) atoms. The van der Waals surface area contributed by atoms with E-state index >= 15 is 0 Å². The van der Waals surface area contributed by atoms with Gasteiger partial charge < -0.3 is 10.8 Å². The summed E-state index contributed by atoms with van der Waals surface area (Å²) in [6.45, 7) is 0.490. The molecule has 0 spiro atoms. The van der Waals surface area contributed by atoms with Crippen molar-refractivity contribution in [2.75, 3.05) is 0 Å². The number of fused-ring (bicyclic) bond motifs is 1. The summed E-state index contributed by atoms with van der Waals surface area (Å²) in [4.78, 5) is 4.14. The lowest BCUT2D eigenvalue weighted by Crippen LogP contribution is -1.97. The van der Waals surface area contributed by atoms with Crippen molar-refractivity contribution >= 4 is 10.9 Å². The number of benzene rings is 1. The number of rotatable bonds is 1. The lowest BCUT2D eigenvalue weighted by molar-refractivity contribution is 0.476. The smallest absolute Gasteiger partial charge is 0.117 e. The topological polar surface area (TPSA) is 59.1 Å². The zero-order valence-electron chi connectivity index (χ0n) is 7.07. The summed E-state index contributed by atoms with van der Waals surface area (Å²) >= 11 is 0. The predicted octanol–water partition coefficient (Wildman–Crippen LogP) is 1.40. The molecule has 1 aromatic heterocycles. The number of aromatic hydroxyl groups is 1. The normalized spacial score (nSPS) is 10.5. The number of nitrogens with two attached hydrogens (primary N) is 1. The zero-order chi connectivity index (χ0) is 9.26. The highest BCUT2D eigenvalue weighted by Crippen LogP contribution is 2.20. The first-order valence-corrected chi connectivity index (χ1v) is 4.08. The molecular formula is C10H10N2O. The minimum absolute atomic E-state index is 0.231. The molecule has 0 bridgehead atoms. The molecule has 2 rings (SSSR count). The van der Waals surface area contributed by atoms with Crippen LogP contribution in [0.5, 0.6) is 5.75 Å². The van der Waals surface area contributed by atoms with Crippen LogP contribution < -0.4 is 5.73 Å². The first kappa shape index (κ1) is 8.01. The molecule has 0 amide bonds. The molecule has 0 aliphatic carbocycles. The maximum Gasteiger partial charge on any atom is 0.117 e. The Labute approximate surface area is 75.8 Å². The summed E-state index contributed by atoms with van der Waals surface area (Å²) in [7, 11) is 0. The van der Waals surface area contributed by atoms with Gasteiger partial charge in [0.15, 0.2) is 0 Å². The van der Waals surface area contributed by atoms with Gasteiger partial charge >= 0.3 is 0 Å². The summed E-state index contributed by atoms with van der Waals surface area (Å²) in [6, 6.07) is 7.00. The van der Waals surface area contributed by atoms with Gasteiger partial charge in [0.25, 0.3) is 0 Å². The SMILES string of the molecule is NCc1ccnc2cc(O)ccc12. The van der Waals surface area contributed by atoms with Gasteiger partial charge in [-0.3, -0.25) is 4.98 Å². The molecule has 3 heteroatoms. The molecule has 0 aliphatic rings. The number of aromatic nitrogens is 1. The Balaban J connectivity index is 2.77. The number of nitrogens with zero attached hydrogens (tertiary/aromatic N) is 1. The van der Waals surface area contributed by atoms with Crippen molar-refractivity contribution in [2.24, 2.45) is 5.73 Å². The highest BCUT2D eigenvalue weighted by Gasteiger charge is 2.00. The van der Waals surface area contributed by atoms with E-state index in [0.717, 1.165) is 16.5 Å². The molecule has 0 aliphatic heterocycles. The molecular weight excluding hydrogens is 164 g/mol. The molecule has 3 nitrogen and oxygen atoms in total. The molecule has 2 aromatic rings. The number of hydrogen-bond donors (Lipinski definition) is 2. The Bertz CT molecular complexity index is 440. The largest absolute Gasteiger partial charge is 0.508 e. The van der Waals surface area contributed by atoms with Crippen LogP contribution in [0.4, 0.5) is 0 Å². The van der Waals surface area contributed by atoms with E-state index in [1.165, 1.54) is 0 Å². The van der Waals surface area contributed by atoms with Crippen molar-refractivity contribution in [3.63, 3.8) is 0 Å². The van der Waals surface area contributed by atoms with Gasteiger partial charge in [0.05, 0.1) is 5.52 Å². The molecule has 1 aromatic carbocycles. The second-order valence-electron chi connectivity index (χ2n) is 2.88. The van der Waals surface area contributed by atoms with E-state index in [9.17, 15) is 5.11 Å². The van der Waals surface area contributed by atoms with Gasteiger partial charge in [-0.1, -0.05) is 0 Å². The van der Waals surface area contributed by atoms with E-state index in [2.05, 4.69) is 4.98 Å². The van der Waals surface area contributed by atoms with E-state index in [4.69, 9.17) is 5.73 Å². The van der Waals surface area contributed by atoms with Gasteiger partial charge in [0.2, 0.25) is 0 Å². The Morgan fingerprint density at radius 3 is 2.92 bits per heavy atom. The van der Waals surface area contributed by atoms with Crippen molar-refractivity contribution in [2.45, 2.75) is 6.54 Å². The Morgan fingerprint density at radius 1 is 1.31 bits per heavy atom. The van der Waals surface area contributed by atoms with Gasteiger partial charge in [0, 0.05) is 24.2 Å². The standard InChI is InChI=1S/C10H10N2O/c11-6-7-3-4-12-10-5-8(13)1-2-9(7)10/h1-5,13H,6,11H2. The quantitative estimate of drug-likeness (QED) is 0.687. The first-order chi connectivity index (χ1) is 6.31. The lowest BCUT2D eigenvalue weighted by Gasteiger charge is -2.02. The zero-order valence-corrected chi connectivity index (χ0v) is 7.07. The predicted molar refractivity (Wildman–Crippen MR) is 51.3 cm³/mol. The van der Waals surface area contributed by atoms with Gasteiger partial charge in [0.1, 0.15) is 5.75 Å². The fourth-order valence-corrected chi connectivity index (χ4v) is 1.37. The Hall–Kier alpha value is -1.61. The van der Waals surface area contributed by atoms with Crippen LogP contribution in [0.2, 0.25) is 0 Å². The third-order valence-electron chi connectivity index (χ3n) is 2.04. The van der Waals surface area contributed by atoms with E-state index in [0.29, 0.717) is 6.54 Å². The molecule has 3 N–H and O–H groups in total. The molecule has 1 heterocycles. The van der Waals surface area contributed by atoms with Gasteiger partial charge in [-0.05, 0) is 23.8 Å². The molecule has 0 atom stereocenters. The summed E-state index contributed by atoms with van der Waals surface area (Å²) in [5.74, 6) is 0.231. The monoisotopic (exact) mass is 174 g/mol. The maximum atomic E-state index is 9.22. The number of hydrogen-bond acceptors (Lipinski definition) is 3. The fourth-order valence-electron chi connectivity index (χ4n) is 1.37. The summed E-state index contributed by atoms with van der Waals surface area (Å²) in [5.41, 5.74) is 7.39. The van der Waals surface area contributed by atoms with Crippen LogP contribution in [0.1, 0.15) is 5.56 Å². The second-order valence-corrected chi connectivity index (χ2v) is 2.88. The van der Waals surface area contributed by atoms with E-state index in [1.807, 2.05) is 12.1 Å². The second kappa shape index (κ2) is 3.03. The minimum atomic E-state index is 0.231. The molecule has 0 saturated carbocycles. The average molecular weight is 174 g/mol. The summed E-state index contributed by atoms with van der Waals surface area (Å²) in [6.07, 6.45) is 1.70. The van der Waals surface area contributed by atoms with Gasteiger partial charge in [-0.2, -0.15) is 0 Å². The van der Waals surface area contributed by atoms with Crippen molar-refractivity contribution in [1.29, 1.82) is 0 Å². The number of phenolic OH excluding ortho intramolecular Hbond substituents is 1.